The fraction of sp³-hybridized carbons (Fsp3) is 0.500. The maximum Gasteiger partial charge on any atom is 0.360 e. The lowest BCUT2D eigenvalue weighted by atomic mass is 9.97. The molecule has 246 valence electrons. The van der Waals surface area contributed by atoms with Gasteiger partial charge in [-0.05, 0) is 73.2 Å². The van der Waals surface area contributed by atoms with E-state index in [4.69, 9.17) is 9.47 Å². The Kier molecular flexibility index (Phi) is 8.41. The number of aromatic nitrogens is 8. The van der Waals surface area contributed by atoms with E-state index in [0.717, 1.165) is 53.5 Å². The Labute approximate surface area is 280 Å². The summed E-state index contributed by atoms with van der Waals surface area (Å²) in [4.78, 5) is 37.0. The van der Waals surface area contributed by atoms with Gasteiger partial charge in [-0.25, -0.2) is 28.9 Å². The van der Waals surface area contributed by atoms with Crippen molar-refractivity contribution in [1.29, 1.82) is 0 Å². The molecule has 6 heterocycles. The molecular formula is C32H37BrN10O4. The summed E-state index contributed by atoms with van der Waals surface area (Å²) in [6, 6.07) is 8.17. The zero-order chi connectivity index (χ0) is 32.6. The number of carbonyl (C=O) groups is 2. The standard InChI is InChI=1S/C16H18BrN5O2.C16H19N5O2/c1-2-24-15(23)12-8-22(20-19-12)7-11-3-4-13(18-14(11)17)21-9-16(10-21)5-6-16;1-2-23-15(22)13-9-21(19-18-13)8-12-3-4-14(17-7-12)20-10-16(11-20)5-6-16/h3-4,8H,2,5-7,9-10H2,1H3;3-4,7,9H,2,5-6,8,10-11H2,1H3. The molecule has 0 unspecified atom stereocenters. The molecule has 0 atom stereocenters. The van der Waals surface area contributed by atoms with E-state index >= 15 is 0 Å². The summed E-state index contributed by atoms with van der Waals surface area (Å²) >= 11 is 3.54. The van der Waals surface area contributed by atoms with E-state index in [0.29, 0.717) is 37.1 Å². The Morgan fingerprint density at radius 2 is 1.30 bits per heavy atom. The van der Waals surface area contributed by atoms with Crippen molar-refractivity contribution in [1.82, 2.24) is 40.0 Å². The second kappa shape index (κ2) is 12.7. The lowest BCUT2D eigenvalue weighted by molar-refractivity contribution is 0.0510. The number of anilines is 2. The van der Waals surface area contributed by atoms with Crippen LogP contribution in [-0.4, -0.2) is 91.3 Å². The van der Waals surface area contributed by atoms with Gasteiger partial charge in [0.15, 0.2) is 11.4 Å². The van der Waals surface area contributed by atoms with Crippen molar-refractivity contribution in [3.05, 3.63) is 70.0 Å². The molecular weight excluding hydrogens is 668 g/mol. The zero-order valence-corrected chi connectivity index (χ0v) is 28.1. The summed E-state index contributed by atoms with van der Waals surface area (Å²) in [5.74, 6) is 1.15. The van der Waals surface area contributed by atoms with Gasteiger partial charge in [-0.1, -0.05) is 22.6 Å². The first-order valence-electron chi connectivity index (χ1n) is 16.0. The normalized spacial score (nSPS) is 17.8. The molecule has 4 fully saturated rings. The van der Waals surface area contributed by atoms with Crippen molar-refractivity contribution in [2.24, 2.45) is 10.8 Å². The lowest BCUT2D eigenvalue weighted by Gasteiger charge is -2.41. The first-order valence-corrected chi connectivity index (χ1v) is 16.8. The molecule has 4 aromatic rings. The van der Waals surface area contributed by atoms with E-state index < -0.39 is 11.9 Å². The highest BCUT2D eigenvalue weighted by Crippen LogP contribution is 2.54. The van der Waals surface area contributed by atoms with Crippen LogP contribution >= 0.6 is 15.9 Å². The predicted molar refractivity (Wildman–Crippen MR) is 174 cm³/mol. The average molecular weight is 706 g/mol. The number of hydrogen-bond donors (Lipinski definition) is 0. The zero-order valence-electron chi connectivity index (χ0n) is 26.5. The molecule has 4 aliphatic rings. The summed E-state index contributed by atoms with van der Waals surface area (Å²) in [6.45, 7) is 9.73. The highest BCUT2D eigenvalue weighted by molar-refractivity contribution is 9.10. The van der Waals surface area contributed by atoms with Gasteiger partial charge in [0.05, 0.1) is 38.7 Å². The van der Waals surface area contributed by atoms with Crippen LogP contribution < -0.4 is 9.80 Å². The van der Waals surface area contributed by atoms with Gasteiger partial charge in [0.1, 0.15) is 16.2 Å². The van der Waals surface area contributed by atoms with Crippen molar-refractivity contribution in [2.45, 2.75) is 52.6 Å². The number of nitrogens with zero attached hydrogens (tertiary/aromatic N) is 10. The van der Waals surface area contributed by atoms with Crippen LogP contribution in [0.4, 0.5) is 11.6 Å². The van der Waals surface area contributed by atoms with Gasteiger partial charge < -0.3 is 19.3 Å². The summed E-state index contributed by atoms with van der Waals surface area (Å²) in [5, 5.41) is 15.6. The Morgan fingerprint density at radius 1 is 0.766 bits per heavy atom. The third-order valence-electron chi connectivity index (χ3n) is 9.11. The van der Waals surface area contributed by atoms with Crippen LogP contribution in [0.3, 0.4) is 0 Å². The average Bonchev–Trinajstić information content (AvgIpc) is 3.92. The van der Waals surface area contributed by atoms with E-state index in [1.807, 2.05) is 30.5 Å². The summed E-state index contributed by atoms with van der Waals surface area (Å²) in [5.41, 5.74) is 3.69. The van der Waals surface area contributed by atoms with Crippen molar-refractivity contribution < 1.29 is 19.1 Å². The van der Waals surface area contributed by atoms with Crippen LogP contribution in [0.5, 0.6) is 0 Å². The number of rotatable bonds is 10. The molecule has 2 saturated heterocycles. The molecule has 8 rings (SSSR count). The molecule has 14 nitrogen and oxygen atoms in total. The lowest BCUT2D eigenvalue weighted by Crippen LogP contribution is -2.48. The Balaban J connectivity index is 0.000000150. The van der Waals surface area contributed by atoms with Crippen LogP contribution in [-0.2, 0) is 22.6 Å². The molecule has 0 aromatic carbocycles. The van der Waals surface area contributed by atoms with Crippen LogP contribution in [0.15, 0.2) is 47.5 Å². The van der Waals surface area contributed by atoms with E-state index in [-0.39, 0.29) is 11.4 Å². The number of carbonyl (C=O) groups excluding carboxylic acids is 2. The molecule has 15 heteroatoms. The van der Waals surface area contributed by atoms with E-state index in [1.54, 1.807) is 35.6 Å². The van der Waals surface area contributed by atoms with E-state index in [9.17, 15) is 9.59 Å². The summed E-state index contributed by atoms with van der Waals surface area (Å²) in [7, 11) is 0. The van der Waals surface area contributed by atoms with Gasteiger partial charge in [-0.3, -0.25) is 0 Å². The monoisotopic (exact) mass is 704 g/mol. The number of halogens is 1. The molecule has 47 heavy (non-hydrogen) atoms. The Hall–Kier alpha value is -4.40. The maximum absolute atomic E-state index is 11.6. The SMILES string of the molecule is CCOC(=O)c1cn(Cc2ccc(N3CC4(CC4)C3)nc2)nn1.CCOC(=O)c1cn(Cc2ccc(N3CC4(CC4)C3)nc2Br)nn1. The first-order chi connectivity index (χ1) is 22.8. The fourth-order valence-electron chi connectivity index (χ4n) is 5.99. The maximum atomic E-state index is 11.6. The van der Waals surface area contributed by atoms with Crippen LogP contribution in [0, 0.1) is 10.8 Å². The number of pyridine rings is 2. The minimum absolute atomic E-state index is 0.216. The number of esters is 2. The van der Waals surface area contributed by atoms with Crippen LogP contribution in [0.25, 0.3) is 0 Å². The smallest absolute Gasteiger partial charge is 0.360 e. The summed E-state index contributed by atoms with van der Waals surface area (Å²) < 4.78 is 13.8. The van der Waals surface area contributed by atoms with E-state index in [1.165, 1.54) is 25.7 Å². The number of hydrogen-bond acceptors (Lipinski definition) is 12. The molecule has 4 aromatic heterocycles. The third kappa shape index (κ3) is 6.99. The molecule has 0 N–H and O–H groups in total. The van der Waals surface area contributed by atoms with Gasteiger partial charge in [0.2, 0.25) is 0 Å². The summed E-state index contributed by atoms with van der Waals surface area (Å²) in [6.07, 6.45) is 10.5. The minimum Gasteiger partial charge on any atom is -0.461 e. The first kappa shape index (κ1) is 31.2. The molecule has 2 spiro atoms. The molecule has 2 saturated carbocycles. The van der Waals surface area contributed by atoms with Gasteiger partial charge in [0, 0.05) is 48.8 Å². The largest absolute Gasteiger partial charge is 0.461 e. The second-order valence-corrected chi connectivity index (χ2v) is 13.7. The highest BCUT2D eigenvalue weighted by Gasteiger charge is 2.53. The predicted octanol–water partition coefficient (Wildman–Crippen LogP) is 3.76. The molecule has 2 aliphatic carbocycles. The minimum atomic E-state index is -0.455. The molecule has 0 amide bonds. The molecule has 2 aliphatic heterocycles. The van der Waals surface area contributed by atoms with Crippen molar-refractivity contribution in [2.75, 3.05) is 49.2 Å². The molecule has 0 radical (unpaired) electrons. The topological polar surface area (TPSA) is 146 Å². The molecule has 0 bridgehead atoms. The van der Waals surface area contributed by atoms with Gasteiger partial charge in [0.25, 0.3) is 0 Å². The highest BCUT2D eigenvalue weighted by atomic mass is 79.9. The van der Waals surface area contributed by atoms with E-state index in [2.05, 4.69) is 56.3 Å². The van der Waals surface area contributed by atoms with Crippen molar-refractivity contribution >= 4 is 39.5 Å². The van der Waals surface area contributed by atoms with Gasteiger partial charge in [-0.2, -0.15) is 0 Å². The Bertz CT molecular complexity index is 1750. The van der Waals surface area contributed by atoms with Gasteiger partial charge in [-0.15, -0.1) is 10.2 Å². The second-order valence-electron chi connectivity index (χ2n) is 12.9. The van der Waals surface area contributed by atoms with Crippen LogP contribution in [0.2, 0.25) is 0 Å². The number of ether oxygens (including phenoxy) is 2. The van der Waals surface area contributed by atoms with Gasteiger partial charge >= 0.3 is 11.9 Å². The Morgan fingerprint density at radius 3 is 1.79 bits per heavy atom. The quantitative estimate of drug-likeness (QED) is 0.175. The third-order valence-corrected chi connectivity index (χ3v) is 9.80. The van der Waals surface area contributed by atoms with Crippen LogP contribution in [0.1, 0.15) is 71.6 Å². The van der Waals surface area contributed by atoms with Crippen molar-refractivity contribution in [3.8, 4) is 0 Å². The van der Waals surface area contributed by atoms with Crippen molar-refractivity contribution in [3.63, 3.8) is 0 Å². The fourth-order valence-corrected chi connectivity index (χ4v) is 6.43.